The summed E-state index contributed by atoms with van der Waals surface area (Å²) in [5.41, 5.74) is -0.188. The van der Waals surface area contributed by atoms with Crippen LogP contribution in [0.25, 0.3) is 11.0 Å². The molecule has 0 aliphatic heterocycles. The van der Waals surface area contributed by atoms with Crippen LogP contribution in [0, 0.1) is 0 Å². The summed E-state index contributed by atoms with van der Waals surface area (Å²) < 4.78 is 10.7. The number of hydrogen-bond acceptors (Lipinski definition) is 4. The molecule has 5 nitrogen and oxygen atoms in total. The molecule has 1 heterocycles. The van der Waals surface area contributed by atoms with Crippen molar-refractivity contribution in [3.8, 4) is 5.75 Å². The summed E-state index contributed by atoms with van der Waals surface area (Å²) in [7, 11) is 3.18. The average Bonchev–Trinajstić information content (AvgIpc) is 2.43. The Morgan fingerprint density at radius 3 is 2.70 bits per heavy atom. The van der Waals surface area contributed by atoms with E-state index in [4.69, 9.17) is 9.15 Å². The highest BCUT2D eigenvalue weighted by molar-refractivity contribution is 5.96. The van der Waals surface area contributed by atoms with Crippen molar-refractivity contribution in [3.05, 3.63) is 40.2 Å². The van der Waals surface area contributed by atoms with E-state index in [1.165, 1.54) is 4.90 Å². The normalized spacial score (nSPS) is 10.6. The molecule has 0 aliphatic rings. The maximum Gasteiger partial charge on any atom is 0.349 e. The number of carbonyl (C=O) groups is 1. The van der Waals surface area contributed by atoms with Gasteiger partial charge in [-0.25, -0.2) is 4.79 Å². The smallest absolute Gasteiger partial charge is 0.349 e. The summed E-state index contributed by atoms with van der Waals surface area (Å²) in [5, 5.41) is 0.693. The predicted molar refractivity (Wildman–Crippen MR) is 76.3 cm³/mol. The molecule has 1 aromatic carbocycles. The molecule has 0 radical (unpaired) electrons. The zero-order valence-corrected chi connectivity index (χ0v) is 11.8. The maximum absolute atomic E-state index is 11.9. The van der Waals surface area contributed by atoms with E-state index >= 15 is 0 Å². The van der Waals surface area contributed by atoms with Gasteiger partial charge in [0.2, 0.25) is 0 Å². The van der Waals surface area contributed by atoms with Crippen LogP contribution in [-0.2, 0) is 0 Å². The molecule has 5 heteroatoms. The van der Waals surface area contributed by atoms with Crippen LogP contribution in [0.2, 0.25) is 0 Å². The number of fused-ring (bicyclic) bond motifs is 1. The van der Waals surface area contributed by atoms with Gasteiger partial charge in [-0.15, -0.1) is 0 Å². The third kappa shape index (κ3) is 2.82. The van der Waals surface area contributed by atoms with Crippen LogP contribution >= 0.6 is 0 Å². The van der Waals surface area contributed by atoms with Gasteiger partial charge < -0.3 is 14.1 Å². The number of hydrogen-bond donors (Lipinski definition) is 0. The first kappa shape index (κ1) is 14.1. The SMILES string of the molecule is CCCOc1ccc2cc(C(=O)N(C)C)c(=O)oc2c1. The topological polar surface area (TPSA) is 59.8 Å². The fourth-order valence-corrected chi connectivity index (χ4v) is 1.79. The van der Waals surface area contributed by atoms with E-state index in [0.717, 1.165) is 6.42 Å². The van der Waals surface area contributed by atoms with Crippen LogP contribution in [0.1, 0.15) is 23.7 Å². The first-order valence-electron chi connectivity index (χ1n) is 6.45. The summed E-state index contributed by atoms with van der Waals surface area (Å²) >= 11 is 0. The molecule has 0 unspecified atom stereocenters. The minimum atomic E-state index is -0.635. The van der Waals surface area contributed by atoms with Gasteiger partial charge in [0.25, 0.3) is 5.91 Å². The fourth-order valence-electron chi connectivity index (χ4n) is 1.79. The van der Waals surface area contributed by atoms with Crippen molar-refractivity contribution < 1.29 is 13.9 Å². The Bertz CT molecular complexity index is 688. The van der Waals surface area contributed by atoms with E-state index in [9.17, 15) is 9.59 Å². The number of nitrogens with zero attached hydrogens (tertiary/aromatic N) is 1. The molecule has 0 atom stereocenters. The molecule has 0 aliphatic carbocycles. The van der Waals surface area contributed by atoms with Crippen LogP contribution in [0.4, 0.5) is 0 Å². The third-order valence-corrected chi connectivity index (χ3v) is 2.82. The van der Waals surface area contributed by atoms with Crippen molar-refractivity contribution in [1.82, 2.24) is 4.90 Å². The van der Waals surface area contributed by atoms with Crippen LogP contribution in [0.5, 0.6) is 5.75 Å². The third-order valence-electron chi connectivity index (χ3n) is 2.82. The number of amides is 1. The molecule has 0 fully saturated rings. The fraction of sp³-hybridized carbons (Fsp3) is 0.333. The van der Waals surface area contributed by atoms with E-state index in [-0.39, 0.29) is 11.5 Å². The van der Waals surface area contributed by atoms with Gasteiger partial charge in [-0.05, 0) is 24.6 Å². The quantitative estimate of drug-likeness (QED) is 0.803. The van der Waals surface area contributed by atoms with Gasteiger partial charge in [0.1, 0.15) is 16.9 Å². The number of benzene rings is 1. The highest BCUT2D eigenvalue weighted by Gasteiger charge is 2.15. The van der Waals surface area contributed by atoms with E-state index in [2.05, 4.69) is 0 Å². The van der Waals surface area contributed by atoms with Crippen LogP contribution in [-0.4, -0.2) is 31.5 Å². The second kappa shape index (κ2) is 5.77. The molecular formula is C15H17NO4. The molecule has 2 aromatic rings. The molecule has 0 saturated carbocycles. The van der Waals surface area contributed by atoms with Crippen molar-refractivity contribution in [3.63, 3.8) is 0 Å². The van der Waals surface area contributed by atoms with Crippen molar-refractivity contribution in [2.45, 2.75) is 13.3 Å². The minimum absolute atomic E-state index is 0.0322. The van der Waals surface area contributed by atoms with Gasteiger partial charge in [-0.1, -0.05) is 6.92 Å². The molecule has 0 spiro atoms. The summed E-state index contributed by atoms with van der Waals surface area (Å²) in [6, 6.07) is 6.78. The highest BCUT2D eigenvalue weighted by Crippen LogP contribution is 2.21. The second-order valence-electron chi connectivity index (χ2n) is 4.70. The Labute approximate surface area is 116 Å². The molecular weight excluding hydrogens is 258 g/mol. The summed E-state index contributed by atoms with van der Waals surface area (Å²) in [5.74, 6) is 0.279. The van der Waals surface area contributed by atoms with Gasteiger partial charge in [-0.2, -0.15) is 0 Å². The number of rotatable bonds is 4. The van der Waals surface area contributed by atoms with Crippen LogP contribution in [0.3, 0.4) is 0 Å². The summed E-state index contributed by atoms with van der Waals surface area (Å²) in [6.07, 6.45) is 0.901. The standard InChI is InChI=1S/C15H17NO4/c1-4-7-19-11-6-5-10-8-12(14(17)16(2)3)15(18)20-13(10)9-11/h5-6,8-9H,4,7H2,1-3H3. The Balaban J connectivity index is 2.46. The Morgan fingerprint density at radius 1 is 1.30 bits per heavy atom. The molecule has 0 saturated heterocycles. The van der Waals surface area contributed by atoms with Crippen LogP contribution < -0.4 is 10.4 Å². The average molecular weight is 275 g/mol. The Morgan fingerprint density at radius 2 is 2.05 bits per heavy atom. The van der Waals surface area contributed by atoms with Gasteiger partial charge in [0.05, 0.1) is 6.61 Å². The van der Waals surface area contributed by atoms with Gasteiger partial charge in [0, 0.05) is 25.5 Å². The van der Waals surface area contributed by atoms with Crippen molar-refractivity contribution >= 4 is 16.9 Å². The zero-order chi connectivity index (χ0) is 14.7. The Hall–Kier alpha value is -2.30. The molecule has 1 aromatic heterocycles. The zero-order valence-electron chi connectivity index (χ0n) is 11.8. The molecule has 106 valence electrons. The molecule has 0 bridgehead atoms. The molecule has 20 heavy (non-hydrogen) atoms. The Kier molecular flexibility index (Phi) is 4.08. The van der Waals surface area contributed by atoms with Crippen molar-refractivity contribution in [1.29, 1.82) is 0 Å². The molecule has 2 rings (SSSR count). The number of ether oxygens (including phenoxy) is 1. The monoisotopic (exact) mass is 275 g/mol. The predicted octanol–water partition coefficient (Wildman–Crippen LogP) is 2.28. The van der Waals surface area contributed by atoms with Crippen molar-refractivity contribution in [2.24, 2.45) is 0 Å². The van der Waals surface area contributed by atoms with E-state index in [1.54, 1.807) is 38.4 Å². The summed E-state index contributed by atoms with van der Waals surface area (Å²) in [4.78, 5) is 25.1. The van der Waals surface area contributed by atoms with Gasteiger partial charge in [0.15, 0.2) is 0 Å². The second-order valence-corrected chi connectivity index (χ2v) is 4.70. The van der Waals surface area contributed by atoms with E-state index in [1.807, 2.05) is 6.92 Å². The van der Waals surface area contributed by atoms with Crippen molar-refractivity contribution in [2.75, 3.05) is 20.7 Å². The van der Waals surface area contributed by atoms with Gasteiger partial charge >= 0.3 is 5.63 Å². The van der Waals surface area contributed by atoms with Gasteiger partial charge in [-0.3, -0.25) is 4.79 Å². The largest absolute Gasteiger partial charge is 0.493 e. The lowest BCUT2D eigenvalue weighted by Crippen LogP contribution is -2.27. The lowest BCUT2D eigenvalue weighted by atomic mass is 10.1. The minimum Gasteiger partial charge on any atom is -0.493 e. The summed E-state index contributed by atoms with van der Waals surface area (Å²) in [6.45, 7) is 2.62. The lowest BCUT2D eigenvalue weighted by Gasteiger charge is -2.10. The molecule has 0 N–H and O–H groups in total. The number of carbonyl (C=O) groups excluding carboxylic acids is 1. The maximum atomic E-state index is 11.9. The first-order chi connectivity index (χ1) is 9.52. The van der Waals surface area contributed by atoms with Crippen LogP contribution in [0.15, 0.2) is 33.5 Å². The van der Waals surface area contributed by atoms with E-state index < -0.39 is 5.63 Å². The lowest BCUT2D eigenvalue weighted by molar-refractivity contribution is 0.0823. The highest BCUT2D eigenvalue weighted by atomic mass is 16.5. The molecule has 1 amide bonds. The first-order valence-corrected chi connectivity index (χ1v) is 6.45. The van der Waals surface area contributed by atoms with E-state index in [0.29, 0.717) is 23.3 Å².